The van der Waals surface area contributed by atoms with Gasteiger partial charge in [-0.2, -0.15) is 0 Å². The second-order valence-corrected chi connectivity index (χ2v) is 6.51. The number of hydrogen-bond donors (Lipinski definition) is 1. The molecule has 3 nitrogen and oxygen atoms in total. The first-order chi connectivity index (χ1) is 7.33. The molecule has 1 unspecified atom stereocenters. The maximum Gasteiger partial charge on any atom is 0.243 e. The summed E-state index contributed by atoms with van der Waals surface area (Å²) in [6.45, 7) is 1.82. The third-order valence-corrected chi connectivity index (χ3v) is 3.50. The summed E-state index contributed by atoms with van der Waals surface area (Å²) >= 11 is 3.14. The molecule has 90 valence electrons. The molecule has 1 N–H and O–H groups in total. The van der Waals surface area contributed by atoms with Crippen molar-refractivity contribution in [3.05, 3.63) is 29.8 Å². The summed E-state index contributed by atoms with van der Waals surface area (Å²) in [4.78, 5) is -0.778. The van der Waals surface area contributed by atoms with Gasteiger partial charge in [-0.25, -0.2) is 21.9 Å². The number of alkyl halides is 1. The van der Waals surface area contributed by atoms with Crippen LogP contribution < -0.4 is 4.72 Å². The van der Waals surface area contributed by atoms with Crippen molar-refractivity contribution in [2.45, 2.75) is 16.6 Å². The maximum atomic E-state index is 13.2. The van der Waals surface area contributed by atoms with E-state index in [4.69, 9.17) is 0 Å². The highest BCUT2D eigenvalue weighted by Gasteiger charge is 2.19. The molecule has 1 atom stereocenters. The van der Waals surface area contributed by atoms with Crippen LogP contribution in [0.1, 0.15) is 6.92 Å². The van der Waals surface area contributed by atoms with E-state index in [0.29, 0.717) is 6.07 Å². The van der Waals surface area contributed by atoms with E-state index in [9.17, 15) is 17.2 Å². The molecule has 0 bridgehead atoms. The van der Waals surface area contributed by atoms with Crippen molar-refractivity contribution in [1.82, 2.24) is 4.72 Å². The maximum absolute atomic E-state index is 13.2. The van der Waals surface area contributed by atoms with Crippen LogP contribution in [0.25, 0.3) is 0 Å². The normalized spacial score (nSPS) is 13.8. The average Bonchev–Trinajstić information content (AvgIpc) is 2.19. The highest BCUT2D eigenvalue weighted by atomic mass is 79.9. The van der Waals surface area contributed by atoms with Crippen LogP contribution >= 0.6 is 15.9 Å². The molecule has 1 aromatic rings. The molecule has 1 aromatic carbocycles. The Morgan fingerprint density at radius 1 is 1.44 bits per heavy atom. The van der Waals surface area contributed by atoms with Crippen LogP contribution in [0, 0.1) is 11.6 Å². The molecule has 0 spiro atoms. The van der Waals surface area contributed by atoms with Gasteiger partial charge >= 0.3 is 0 Å². The summed E-state index contributed by atoms with van der Waals surface area (Å²) in [5, 5.41) is 0. The van der Waals surface area contributed by atoms with E-state index in [2.05, 4.69) is 20.7 Å². The number of sulfonamides is 1. The molecule has 0 fully saturated rings. The van der Waals surface area contributed by atoms with Crippen LogP contribution in [0.4, 0.5) is 8.78 Å². The molecule has 0 heterocycles. The standard InChI is InChI=1S/C9H10BrF2NO2S/c1-6(10)5-13-16(14,15)9-4-7(11)2-3-8(9)12/h2-4,6,13H,5H2,1H3. The van der Waals surface area contributed by atoms with Crippen molar-refractivity contribution in [2.75, 3.05) is 6.54 Å². The number of hydrogen-bond acceptors (Lipinski definition) is 2. The van der Waals surface area contributed by atoms with Gasteiger partial charge in [0.15, 0.2) is 0 Å². The van der Waals surface area contributed by atoms with Gasteiger partial charge in [-0.3, -0.25) is 0 Å². The third-order valence-electron chi connectivity index (χ3n) is 1.74. The molecule has 0 aliphatic carbocycles. The zero-order valence-corrected chi connectivity index (χ0v) is 10.8. The van der Waals surface area contributed by atoms with Gasteiger partial charge in [0.2, 0.25) is 10.0 Å². The largest absolute Gasteiger partial charge is 0.243 e. The van der Waals surface area contributed by atoms with Crippen molar-refractivity contribution in [1.29, 1.82) is 0 Å². The van der Waals surface area contributed by atoms with Crippen molar-refractivity contribution >= 4 is 26.0 Å². The number of halogens is 3. The van der Waals surface area contributed by atoms with E-state index in [0.717, 1.165) is 12.1 Å². The molecule has 7 heteroatoms. The van der Waals surface area contributed by atoms with E-state index < -0.39 is 26.6 Å². The highest BCUT2D eigenvalue weighted by molar-refractivity contribution is 9.09. The summed E-state index contributed by atoms with van der Waals surface area (Å²) < 4.78 is 51.3. The fourth-order valence-corrected chi connectivity index (χ4v) is 2.58. The van der Waals surface area contributed by atoms with Gasteiger partial charge in [-0.05, 0) is 18.2 Å². The Bertz CT molecular complexity index is 476. The Morgan fingerprint density at radius 2 is 2.06 bits per heavy atom. The van der Waals surface area contributed by atoms with Gasteiger partial charge in [0.25, 0.3) is 0 Å². The Hall–Kier alpha value is -0.530. The average molecular weight is 314 g/mol. The highest BCUT2D eigenvalue weighted by Crippen LogP contribution is 2.15. The summed E-state index contributed by atoms with van der Waals surface area (Å²) in [6.07, 6.45) is 0. The van der Waals surface area contributed by atoms with E-state index in [1.54, 1.807) is 6.92 Å². The SMILES string of the molecule is CC(Br)CNS(=O)(=O)c1cc(F)ccc1F. The van der Waals surface area contributed by atoms with E-state index in [1.807, 2.05) is 0 Å². The first-order valence-electron chi connectivity index (χ1n) is 4.41. The number of nitrogens with one attached hydrogen (secondary N) is 1. The third kappa shape index (κ3) is 3.50. The molecule has 0 radical (unpaired) electrons. The van der Waals surface area contributed by atoms with Gasteiger partial charge in [-0.15, -0.1) is 0 Å². The fraction of sp³-hybridized carbons (Fsp3) is 0.333. The van der Waals surface area contributed by atoms with Crippen LogP contribution in [0.5, 0.6) is 0 Å². The molecule has 0 saturated carbocycles. The minimum Gasteiger partial charge on any atom is -0.210 e. The molecule has 0 amide bonds. The lowest BCUT2D eigenvalue weighted by Crippen LogP contribution is -2.29. The van der Waals surface area contributed by atoms with E-state index >= 15 is 0 Å². The Balaban J connectivity index is 3.02. The lowest BCUT2D eigenvalue weighted by Gasteiger charge is -2.08. The Kier molecular flexibility index (Phi) is 4.40. The second-order valence-electron chi connectivity index (χ2n) is 3.21. The molecular formula is C9H10BrF2NO2S. The van der Waals surface area contributed by atoms with E-state index in [-0.39, 0.29) is 11.4 Å². The summed E-state index contributed by atoms with van der Waals surface area (Å²) in [5.74, 6) is -1.77. The molecule has 0 aliphatic rings. The smallest absolute Gasteiger partial charge is 0.210 e. The first kappa shape index (κ1) is 13.5. The van der Waals surface area contributed by atoms with Crippen molar-refractivity contribution < 1.29 is 17.2 Å². The second kappa shape index (κ2) is 5.20. The lowest BCUT2D eigenvalue weighted by molar-refractivity contribution is 0.546. The molecule has 0 aromatic heterocycles. The fourth-order valence-electron chi connectivity index (χ4n) is 0.985. The molecular weight excluding hydrogens is 304 g/mol. The van der Waals surface area contributed by atoms with Gasteiger partial charge in [0.1, 0.15) is 16.5 Å². The Labute approximate surface area is 101 Å². The topological polar surface area (TPSA) is 46.2 Å². The van der Waals surface area contributed by atoms with Crippen LogP contribution in [0.2, 0.25) is 0 Å². The molecule has 1 rings (SSSR count). The van der Waals surface area contributed by atoms with Crippen molar-refractivity contribution in [3.63, 3.8) is 0 Å². The van der Waals surface area contributed by atoms with Gasteiger partial charge < -0.3 is 0 Å². The van der Waals surface area contributed by atoms with Crippen LogP contribution in [-0.2, 0) is 10.0 Å². The quantitative estimate of drug-likeness (QED) is 0.865. The van der Waals surface area contributed by atoms with Crippen molar-refractivity contribution in [3.8, 4) is 0 Å². The number of rotatable bonds is 4. The lowest BCUT2D eigenvalue weighted by atomic mass is 10.3. The number of benzene rings is 1. The Morgan fingerprint density at radius 3 is 2.62 bits per heavy atom. The molecule has 0 saturated heterocycles. The summed E-state index contributed by atoms with van der Waals surface area (Å²) in [7, 11) is -4.00. The van der Waals surface area contributed by atoms with Gasteiger partial charge in [-0.1, -0.05) is 22.9 Å². The van der Waals surface area contributed by atoms with E-state index in [1.165, 1.54) is 0 Å². The predicted octanol–water partition coefficient (Wildman–Crippen LogP) is 2.03. The van der Waals surface area contributed by atoms with Crippen LogP contribution in [-0.4, -0.2) is 19.8 Å². The summed E-state index contributed by atoms with van der Waals surface area (Å²) in [5.41, 5.74) is 0. The van der Waals surface area contributed by atoms with Crippen LogP contribution in [0.3, 0.4) is 0 Å². The minimum atomic E-state index is -4.00. The zero-order valence-electron chi connectivity index (χ0n) is 8.38. The zero-order chi connectivity index (χ0) is 12.3. The molecule has 16 heavy (non-hydrogen) atoms. The monoisotopic (exact) mass is 313 g/mol. The predicted molar refractivity (Wildman–Crippen MR) is 59.9 cm³/mol. The van der Waals surface area contributed by atoms with Crippen molar-refractivity contribution in [2.24, 2.45) is 0 Å². The molecule has 0 aliphatic heterocycles. The summed E-state index contributed by atoms with van der Waals surface area (Å²) in [6, 6.07) is 2.29. The van der Waals surface area contributed by atoms with Gasteiger partial charge in [0, 0.05) is 11.4 Å². The van der Waals surface area contributed by atoms with Gasteiger partial charge in [0.05, 0.1) is 0 Å². The minimum absolute atomic E-state index is 0.0955. The first-order valence-corrected chi connectivity index (χ1v) is 6.81. The van der Waals surface area contributed by atoms with Crippen LogP contribution in [0.15, 0.2) is 23.1 Å².